The van der Waals surface area contributed by atoms with Crippen molar-refractivity contribution in [1.29, 1.82) is 0 Å². The zero-order valence-electron chi connectivity index (χ0n) is 21.7. The molecule has 1 saturated carbocycles. The van der Waals surface area contributed by atoms with Crippen molar-refractivity contribution in [2.24, 2.45) is 0 Å². The SMILES string of the molecule is CC(=O)c1ccc(NC(=O)[C@@H]2NC3(CCCCC3)[C@@]3(C(=O)Nc4cc(Cl)ccc43)[C@H]2c2cccc(Cl)c2F)nc1. The van der Waals surface area contributed by atoms with Gasteiger partial charge in [-0.3, -0.25) is 19.7 Å². The number of carbonyl (C=O) groups excluding carboxylic acids is 3. The van der Waals surface area contributed by atoms with Gasteiger partial charge < -0.3 is 10.6 Å². The third-order valence-corrected chi connectivity index (χ3v) is 9.25. The second-order valence-electron chi connectivity index (χ2n) is 10.8. The van der Waals surface area contributed by atoms with E-state index in [-0.39, 0.29) is 28.1 Å². The van der Waals surface area contributed by atoms with Crippen LogP contribution in [0, 0.1) is 5.82 Å². The highest BCUT2D eigenvalue weighted by atomic mass is 35.5. The van der Waals surface area contributed by atoms with Gasteiger partial charge in [0.05, 0.1) is 11.1 Å². The van der Waals surface area contributed by atoms with Crippen molar-refractivity contribution in [3.05, 3.63) is 87.3 Å². The molecule has 2 amide bonds. The van der Waals surface area contributed by atoms with E-state index in [0.29, 0.717) is 34.7 Å². The van der Waals surface area contributed by atoms with Crippen LogP contribution >= 0.6 is 23.2 Å². The minimum absolute atomic E-state index is 0.0902. The van der Waals surface area contributed by atoms with Crippen LogP contribution in [0.3, 0.4) is 0 Å². The molecule has 3 aliphatic rings. The van der Waals surface area contributed by atoms with E-state index in [2.05, 4.69) is 20.9 Å². The fourth-order valence-corrected chi connectivity index (χ4v) is 7.45. The number of aromatic nitrogens is 1. The largest absolute Gasteiger partial charge is 0.325 e. The van der Waals surface area contributed by atoms with Gasteiger partial charge in [-0.25, -0.2) is 9.37 Å². The lowest BCUT2D eigenvalue weighted by Gasteiger charge is -2.47. The van der Waals surface area contributed by atoms with E-state index >= 15 is 4.39 Å². The first-order valence-electron chi connectivity index (χ1n) is 13.3. The Balaban J connectivity index is 1.54. The number of Topliss-reactive ketones (excluding diaryl/α,β-unsaturated/α-hetero) is 1. The molecule has 10 heteroatoms. The first kappa shape index (κ1) is 26.9. The van der Waals surface area contributed by atoms with Crippen LogP contribution in [0.1, 0.15) is 66.4 Å². The molecule has 7 nitrogen and oxygen atoms in total. The molecule has 40 heavy (non-hydrogen) atoms. The second kappa shape index (κ2) is 9.94. The van der Waals surface area contributed by atoms with E-state index < -0.39 is 34.6 Å². The van der Waals surface area contributed by atoms with Gasteiger partial charge in [0.25, 0.3) is 0 Å². The summed E-state index contributed by atoms with van der Waals surface area (Å²) in [6.45, 7) is 1.43. The Morgan fingerprint density at radius 1 is 1.07 bits per heavy atom. The number of halogens is 3. The molecule has 206 valence electrons. The molecule has 2 fully saturated rings. The number of amides is 2. The number of hydrogen-bond donors (Lipinski definition) is 3. The summed E-state index contributed by atoms with van der Waals surface area (Å²) in [6, 6.07) is 12.0. The normalized spacial score (nSPS) is 24.6. The first-order chi connectivity index (χ1) is 19.2. The van der Waals surface area contributed by atoms with Gasteiger partial charge in [0.1, 0.15) is 17.1 Å². The Morgan fingerprint density at radius 2 is 1.85 bits per heavy atom. The molecule has 3 heterocycles. The summed E-state index contributed by atoms with van der Waals surface area (Å²) in [5, 5.41) is 9.78. The average Bonchev–Trinajstić information content (AvgIpc) is 3.38. The van der Waals surface area contributed by atoms with Gasteiger partial charge in [0.15, 0.2) is 5.78 Å². The predicted molar refractivity (Wildman–Crippen MR) is 152 cm³/mol. The number of carbonyl (C=O) groups is 3. The number of anilines is 2. The highest BCUT2D eigenvalue weighted by molar-refractivity contribution is 6.31. The molecule has 6 rings (SSSR count). The summed E-state index contributed by atoms with van der Waals surface area (Å²) in [5.41, 5.74) is -0.317. The smallest absolute Gasteiger partial charge is 0.243 e. The first-order valence-corrected chi connectivity index (χ1v) is 14.0. The van der Waals surface area contributed by atoms with Crippen LogP contribution in [0.25, 0.3) is 0 Å². The maximum Gasteiger partial charge on any atom is 0.243 e. The molecule has 1 saturated heterocycles. The second-order valence-corrected chi connectivity index (χ2v) is 11.7. The van der Waals surface area contributed by atoms with Crippen molar-refractivity contribution in [1.82, 2.24) is 10.3 Å². The molecule has 0 radical (unpaired) electrons. The summed E-state index contributed by atoms with van der Waals surface area (Å²) in [4.78, 5) is 44.3. The van der Waals surface area contributed by atoms with E-state index in [4.69, 9.17) is 23.2 Å². The molecule has 2 aromatic carbocycles. The van der Waals surface area contributed by atoms with Crippen LogP contribution in [0.15, 0.2) is 54.7 Å². The fraction of sp³-hybridized carbons (Fsp3) is 0.333. The Kier molecular flexibility index (Phi) is 6.68. The molecule has 3 aromatic rings. The summed E-state index contributed by atoms with van der Waals surface area (Å²) in [7, 11) is 0. The highest BCUT2D eigenvalue weighted by Gasteiger charge is 2.72. The lowest BCUT2D eigenvalue weighted by atomic mass is 9.55. The van der Waals surface area contributed by atoms with Crippen molar-refractivity contribution in [2.45, 2.75) is 61.9 Å². The van der Waals surface area contributed by atoms with Crippen LogP contribution in [-0.4, -0.2) is 34.2 Å². The summed E-state index contributed by atoms with van der Waals surface area (Å²) in [6.07, 6.45) is 5.32. The van der Waals surface area contributed by atoms with Crippen molar-refractivity contribution < 1.29 is 18.8 Å². The molecular weight excluding hydrogens is 554 g/mol. The van der Waals surface area contributed by atoms with Crippen LogP contribution in [0.4, 0.5) is 15.9 Å². The monoisotopic (exact) mass is 580 g/mol. The number of pyridine rings is 1. The Morgan fingerprint density at radius 3 is 2.55 bits per heavy atom. The lowest BCUT2D eigenvalue weighted by Crippen LogP contribution is -2.60. The molecule has 1 aromatic heterocycles. The van der Waals surface area contributed by atoms with Crippen molar-refractivity contribution in [2.75, 3.05) is 10.6 Å². The van der Waals surface area contributed by atoms with Gasteiger partial charge in [-0.2, -0.15) is 0 Å². The number of fused-ring (bicyclic) bond motifs is 3. The van der Waals surface area contributed by atoms with E-state index in [1.165, 1.54) is 19.2 Å². The zero-order valence-corrected chi connectivity index (χ0v) is 23.2. The van der Waals surface area contributed by atoms with Gasteiger partial charge in [-0.1, -0.05) is 60.7 Å². The van der Waals surface area contributed by atoms with Crippen LogP contribution < -0.4 is 16.0 Å². The Hall–Kier alpha value is -3.33. The van der Waals surface area contributed by atoms with Gasteiger partial charge in [0.2, 0.25) is 11.8 Å². The molecule has 3 atom stereocenters. The van der Waals surface area contributed by atoms with Crippen LogP contribution in [-0.2, 0) is 15.0 Å². The zero-order chi connectivity index (χ0) is 28.2. The number of nitrogens with zero attached hydrogens (tertiary/aromatic N) is 1. The minimum Gasteiger partial charge on any atom is -0.325 e. The summed E-state index contributed by atoms with van der Waals surface area (Å²) < 4.78 is 15.9. The summed E-state index contributed by atoms with van der Waals surface area (Å²) in [5.74, 6) is -2.29. The van der Waals surface area contributed by atoms with Gasteiger partial charge in [-0.15, -0.1) is 0 Å². The third-order valence-electron chi connectivity index (χ3n) is 8.73. The maximum absolute atomic E-state index is 15.9. The number of nitrogens with one attached hydrogen (secondary N) is 3. The molecule has 2 aliphatic heterocycles. The standard InChI is InChI=1S/C30H27Cl2FN4O3/c1-16(38)17-8-11-23(34-15-17)36-27(39)26-24(19-6-5-7-21(32)25(19)33)30(29(37-26)12-3-2-4-13-29)20-10-9-18(31)14-22(20)35-28(30)40/h5-11,14-15,24,26,37H,2-4,12-13H2,1H3,(H,35,40)(H,34,36,39)/t24-,26+,30+/m0/s1. The number of benzene rings is 2. The van der Waals surface area contributed by atoms with Crippen LogP contribution in [0.2, 0.25) is 10.0 Å². The molecule has 2 spiro atoms. The Labute approximate surface area is 240 Å². The third kappa shape index (κ3) is 3.96. The minimum atomic E-state index is -1.31. The lowest BCUT2D eigenvalue weighted by molar-refractivity contribution is -0.124. The topological polar surface area (TPSA) is 100 Å². The van der Waals surface area contributed by atoms with E-state index in [1.807, 2.05) is 6.07 Å². The number of hydrogen-bond acceptors (Lipinski definition) is 5. The predicted octanol–water partition coefficient (Wildman–Crippen LogP) is 6.02. The molecule has 0 unspecified atom stereocenters. The van der Waals surface area contributed by atoms with E-state index in [9.17, 15) is 14.4 Å². The molecular formula is C30H27Cl2FN4O3. The van der Waals surface area contributed by atoms with Crippen molar-refractivity contribution in [3.8, 4) is 0 Å². The summed E-state index contributed by atoms with van der Waals surface area (Å²) >= 11 is 12.6. The van der Waals surface area contributed by atoms with Crippen molar-refractivity contribution in [3.63, 3.8) is 0 Å². The van der Waals surface area contributed by atoms with E-state index in [1.54, 1.807) is 36.4 Å². The van der Waals surface area contributed by atoms with Gasteiger partial charge >= 0.3 is 0 Å². The Bertz CT molecular complexity index is 1540. The van der Waals surface area contributed by atoms with Gasteiger partial charge in [0, 0.05) is 33.9 Å². The molecule has 3 N–H and O–H groups in total. The molecule has 0 bridgehead atoms. The number of ketones is 1. The van der Waals surface area contributed by atoms with Crippen molar-refractivity contribution >= 4 is 52.3 Å². The quantitative estimate of drug-likeness (QED) is 0.328. The van der Waals surface area contributed by atoms with Crippen LogP contribution in [0.5, 0.6) is 0 Å². The fourth-order valence-electron chi connectivity index (χ4n) is 7.10. The maximum atomic E-state index is 15.9. The average molecular weight is 581 g/mol. The highest BCUT2D eigenvalue weighted by Crippen LogP contribution is 2.62. The number of rotatable bonds is 4. The van der Waals surface area contributed by atoms with Gasteiger partial charge in [-0.05, 0) is 61.2 Å². The van der Waals surface area contributed by atoms with E-state index in [0.717, 1.165) is 19.3 Å². The molecule has 1 aliphatic carbocycles.